The smallest absolute Gasteiger partial charge is 0.295 e. The molecule has 2 atom stereocenters. The van der Waals surface area contributed by atoms with Gasteiger partial charge in [-0.05, 0) is 54.4 Å². The highest BCUT2D eigenvalue weighted by Crippen LogP contribution is 2.42. The molecular formula is C26H21FN2O4. The van der Waals surface area contributed by atoms with Crippen molar-refractivity contribution in [2.75, 3.05) is 0 Å². The summed E-state index contributed by atoms with van der Waals surface area (Å²) in [6.45, 7) is 2.01. The number of nitrogens with zero attached hydrogens (tertiary/aromatic N) is 2. The lowest BCUT2D eigenvalue weighted by Crippen LogP contribution is -2.29. The van der Waals surface area contributed by atoms with Gasteiger partial charge in [0.25, 0.3) is 11.7 Å². The van der Waals surface area contributed by atoms with Gasteiger partial charge in [-0.2, -0.15) is 0 Å². The van der Waals surface area contributed by atoms with Crippen molar-refractivity contribution in [3.63, 3.8) is 0 Å². The molecule has 7 heteroatoms. The van der Waals surface area contributed by atoms with E-state index in [4.69, 9.17) is 4.74 Å². The van der Waals surface area contributed by atoms with Crippen molar-refractivity contribution in [2.24, 2.45) is 0 Å². The van der Waals surface area contributed by atoms with Crippen LogP contribution in [0.5, 0.6) is 5.75 Å². The van der Waals surface area contributed by atoms with Crippen LogP contribution in [0.2, 0.25) is 0 Å². The third-order valence-electron chi connectivity index (χ3n) is 6.01. The number of pyridine rings is 1. The summed E-state index contributed by atoms with van der Waals surface area (Å²) in [5.41, 5.74) is 2.03. The number of ether oxygens (including phenoxy) is 1. The van der Waals surface area contributed by atoms with Crippen LogP contribution in [0.15, 0.2) is 72.6 Å². The highest BCUT2D eigenvalue weighted by atomic mass is 19.1. The number of aliphatic hydroxyl groups is 1. The Bertz CT molecular complexity index is 1290. The zero-order chi connectivity index (χ0) is 23.1. The van der Waals surface area contributed by atoms with Gasteiger partial charge in [0.05, 0.1) is 11.6 Å². The van der Waals surface area contributed by atoms with Gasteiger partial charge in [-0.3, -0.25) is 14.6 Å². The van der Waals surface area contributed by atoms with Crippen LogP contribution in [-0.2, 0) is 22.6 Å². The van der Waals surface area contributed by atoms with Crippen LogP contribution in [0.3, 0.4) is 0 Å². The highest BCUT2D eigenvalue weighted by molar-refractivity contribution is 6.46. The quantitative estimate of drug-likeness (QED) is 0.371. The molecule has 2 aliphatic rings. The van der Waals surface area contributed by atoms with E-state index < -0.39 is 23.5 Å². The Labute approximate surface area is 190 Å². The molecule has 0 saturated carbocycles. The molecule has 1 amide bonds. The summed E-state index contributed by atoms with van der Waals surface area (Å²) in [6.07, 6.45) is 3.85. The third kappa shape index (κ3) is 3.65. The number of carbonyl (C=O) groups excluding carboxylic acids is 2. The standard InChI is InChI=1S/C26H21FN2O4/c1-15-12-18-13-17(6-7-21(18)33-15)24(30)22-23(19-4-2-3-5-20(19)27)29(26(32)25(22)31)14-16-8-10-28-11-9-16/h2-11,13,15,23,30H,12,14H2,1H3/t15-,23-/m1/s1. The second-order valence-electron chi connectivity index (χ2n) is 8.26. The summed E-state index contributed by atoms with van der Waals surface area (Å²) in [4.78, 5) is 31.5. The molecule has 0 spiro atoms. The topological polar surface area (TPSA) is 79.7 Å². The van der Waals surface area contributed by atoms with E-state index in [-0.39, 0.29) is 29.5 Å². The number of carbonyl (C=O) groups is 2. The SMILES string of the molecule is C[C@@H]1Cc2cc(C(O)=C3C(=O)C(=O)N(Cc4ccncc4)[C@@H]3c3ccccc3F)ccc2O1. The molecule has 3 aromatic rings. The first-order valence-electron chi connectivity index (χ1n) is 10.7. The van der Waals surface area contributed by atoms with E-state index in [0.29, 0.717) is 12.0 Å². The molecule has 2 aromatic carbocycles. The first-order chi connectivity index (χ1) is 15.9. The average molecular weight is 444 g/mol. The Morgan fingerprint density at radius 2 is 1.91 bits per heavy atom. The van der Waals surface area contributed by atoms with Crippen molar-refractivity contribution in [1.82, 2.24) is 9.88 Å². The summed E-state index contributed by atoms with van der Waals surface area (Å²) >= 11 is 0. The minimum absolute atomic E-state index is 0.0155. The van der Waals surface area contributed by atoms with E-state index in [9.17, 15) is 19.1 Å². The number of hydrogen-bond donors (Lipinski definition) is 1. The zero-order valence-electron chi connectivity index (χ0n) is 17.9. The van der Waals surface area contributed by atoms with Crippen LogP contribution in [0, 0.1) is 5.82 Å². The number of rotatable bonds is 4. The molecule has 1 saturated heterocycles. The summed E-state index contributed by atoms with van der Waals surface area (Å²) in [5.74, 6) is -1.81. The van der Waals surface area contributed by atoms with Crippen molar-refractivity contribution >= 4 is 17.4 Å². The first kappa shape index (κ1) is 20.9. The second kappa shape index (κ2) is 8.16. The van der Waals surface area contributed by atoms with Crippen molar-refractivity contribution in [3.8, 4) is 5.75 Å². The minimum Gasteiger partial charge on any atom is -0.507 e. The number of ketones is 1. The predicted molar refractivity (Wildman–Crippen MR) is 119 cm³/mol. The van der Waals surface area contributed by atoms with Crippen molar-refractivity contribution < 1.29 is 23.8 Å². The predicted octanol–water partition coefficient (Wildman–Crippen LogP) is 4.17. The molecular weight excluding hydrogens is 423 g/mol. The summed E-state index contributed by atoms with van der Waals surface area (Å²) in [6, 6.07) is 13.5. The Hall–Kier alpha value is -4.00. The van der Waals surface area contributed by atoms with Gasteiger partial charge in [-0.1, -0.05) is 18.2 Å². The molecule has 0 radical (unpaired) electrons. The van der Waals surface area contributed by atoms with Gasteiger partial charge < -0.3 is 14.7 Å². The van der Waals surface area contributed by atoms with E-state index in [0.717, 1.165) is 16.9 Å². The lowest BCUT2D eigenvalue weighted by Gasteiger charge is -2.25. The molecule has 6 nitrogen and oxygen atoms in total. The van der Waals surface area contributed by atoms with E-state index in [1.807, 2.05) is 6.92 Å². The number of aromatic nitrogens is 1. The fourth-order valence-electron chi connectivity index (χ4n) is 4.47. The van der Waals surface area contributed by atoms with Crippen LogP contribution >= 0.6 is 0 Å². The number of amides is 1. The van der Waals surface area contributed by atoms with Gasteiger partial charge in [0, 0.05) is 36.5 Å². The van der Waals surface area contributed by atoms with Gasteiger partial charge >= 0.3 is 0 Å². The molecule has 3 heterocycles. The summed E-state index contributed by atoms with van der Waals surface area (Å²) in [7, 11) is 0. The third-order valence-corrected chi connectivity index (χ3v) is 6.01. The average Bonchev–Trinajstić information content (AvgIpc) is 3.31. The van der Waals surface area contributed by atoms with E-state index in [1.165, 1.54) is 23.1 Å². The van der Waals surface area contributed by atoms with E-state index in [1.54, 1.807) is 48.8 Å². The van der Waals surface area contributed by atoms with Crippen LogP contribution < -0.4 is 4.74 Å². The van der Waals surface area contributed by atoms with E-state index >= 15 is 0 Å². The number of halogens is 1. The van der Waals surface area contributed by atoms with Crippen molar-refractivity contribution in [1.29, 1.82) is 0 Å². The first-order valence-corrected chi connectivity index (χ1v) is 10.7. The Kier molecular flexibility index (Phi) is 5.17. The van der Waals surface area contributed by atoms with Crippen molar-refractivity contribution in [3.05, 3.63) is 101 Å². The normalized spacial score (nSPS) is 21.2. The van der Waals surface area contributed by atoms with E-state index in [2.05, 4.69) is 4.98 Å². The minimum atomic E-state index is -1.07. The number of Topliss-reactive ketones (excluding diaryl/α,β-unsaturated/α-hetero) is 1. The monoisotopic (exact) mass is 444 g/mol. The molecule has 166 valence electrons. The molecule has 5 rings (SSSR count). The molecule has 1 fully saturated rings. The molecule has 1 N–H and O–H groups in total. The molecule has 2 aliphatic heterocycles. The number of aliphatic hydroxyl groups excluding tert-OH is 1. The van der Waals surface area contributed by atoms with Gasteiger partial charge in [-0.25, -0.2) is 4.39 Å². The number of likely N-dealkylation sites (tertiary alicyclic amines) is 1. The largest absolute Gasteiger partial charge is 0.507 e. The van der Waals surface area contributed by atoms with Gasteiger partial charge in [-0.15, -0.1) is 0 Å². The summed E-state index contributed by atoms with van der Waals surface area (Å²) in [5, 5.41) is 11.2. The number of fused-ring (bicyclic) bond motifs is 1. The summed E-state index contributed by atoms with van der Waals surface area (Å²) < 4.78 is 20.6. The highest BCUT2D eigenvalue weighted by Gasteiger charge is 2.47. The fourth-order valence-corrected chi connectivity index (χ4v) is 4.47. The molecule has 0 bridgehead atoms. The Balaban J connectivity index is 1.65. The maximum atomic E-state index is 14.9. The second-order valence-corrected chi connectivity index (χ2v) is 8.26. The van der Waals surface area contributed by atoms with Crippen LogP contribution in [0.25, 0.3) is 5.76 Å². The Morgan fingerprint density at radius 3 is 2.67 bits per heavy atom. The maximum Gasteiger partial charge on any atom is 0.295 e. The van der Waals surface area contributed by atoms with Crippen LogP contribution in [-0.4, -0.2) is 32.8 Å². The van der Waals surface area contributed by atoms with Gasteiger partial charge in [0.1, 0.15) is 23.4 Å². The Morgan fingerprint density at radius 1 is 1.15 bits per heavy atom. The molecule has 0 aliphatic carbocycles. The van der Waals surface area contributed by atoms with Crippen LogP contribution in [0.1, 0.15) is 35.2 Å². The number of hydrogen-bond acceptors (Lipinski definition) is 5. The lowest BCUT2D eigenvalue weighted by atomic mass is 9.94. The number of benzene rings is 2. The van der Waals surface area contributed by atoms with Gasteiger partial charge in [0.2, 0.25) is 0 Å². The maximum absolute atomic E-state index is 14.9. The van der Waals surface area contributed by atoms with Crippen molar-refractivity contribution in [2.45, 2.75) is 32.0 Å². The van der Waals surface area contributed by atoms with Crippen LogP contribution in [0.4, 0.5) is 4.39 Å². The molecule has 33 heavy (non-hydrogen) atoms. The van der Waals surface area contributed by atoms with Gasteiger partial charge in [0.15, 0.2) is 0 Å². The molecule has 1 aromatic heterocycles. The fraction of sp³-hybridized carbons (Fsp3) is 0.192. The lowest BCUT2D eigenvalue weighted by molar-refractivity contribution is -0.140. The molecule has 0 unspecified atom stereocenters. The zero-order valence-corrected chi connectivity index (χ0v) is 17.9.